The van der Waals surface area contributed by atoms with Crippen LogP contribution in [-0.2, 0) is 9.90 Å². The van der Waals surface area contributed by atoms with Gasteiger partial charge in [-0.15, -0.1) is 0 Å². The zero-order chi connectivity index (χ0) is 36.2. The van der Waals surface area contributed by atoms with Gasteiger partial charge in [0.1, 0.15) is 5.82 Å². The lowest BCUT2D eigenvalue weighted by molar-refractivity contribution is 0.409. The van der Waals surface area contributed by atoms with E-state index in [4.69, 9.17) is 19.1 Å². The van der Waals surface area contributed by atoms with E-state index >= 15 is 0 Å². The van der Waals surface area contributed by atoms with Gasteiger partial charge in [0.25, 0.3) is 5.79 Å². The molecule has 12 rings (SSSR count). The Hall–Kier alpha value is -5.74. The monoisotopic (exact) mass is 720 g/mol. The van der Waals surface area contributed by atoms with Gasteiger partial charge in [-0.3, -0.25) is 4.57 Å². The highest BCUT2D eigenvalue weighted by Gasteiger charge is 2.46. The molecule has 6 aromatic carbocycles. The minimum absolute atomic E-state index is 0.791. The Bertz CT molecular complexity index is 2440. The molecule has 1 aromatic heterocycles. The lowest BCUT2D eigenvalue weighted by Crippen LogP contribution is -2.57. The molecule has 0 saturated heterocycles. The Morgan fingerprint density at radius 1 is 0.453 bits per heavy atom. The number of benzene rings is 6. The molecule has 5 aliphatic rings. The first-order valence-corrected chi connectivity index (χ1v) is 24.0. The Morgan fingerprint density at radius 3 is 1.34 bits per heavy atom. The van der Waals surface area contributed by atoms with Crippen LogP contribution in [0.5, 0.6) is 0 Å². The van der Waals surface area contributed by atoms with Gasteiger partial charge in [-0.1, -0.05) is 170 Å². The summed E-state index contributed by atoms with van der Waals surface area (Å²) >= 11 is 0. The zero-order valence-electron chi connectivity index (χ0n) is 30.4. The zero-order valence-corrected chi connectivity index (χ0v) is 32.4. The molecule has 4 bridgehead atoms. The van der Waals surface area contributed by atoms with Gasteiger partial charge in [0.15, 0.2) is 0 Å². The van der Waals surface area contributed by atoms with Gasteiger partial charge in [0.2, 0.25) is 16.6 Å². The first-order chi connectivity index (χ1) is 25.7. The van der Waals surface area contributed by atoms with E-state index in [0.29, 0.717) is 0 Å². The molecule has 53 heavy (non-hydrogen) atoms. The van der Waals surface area contributed by atoms with Crippen LogP contribution < -0.4 is 10.4 Å². The third kappa shape index (κ3) is 5.69. The SMILES string of the molecule is C[Si]1(C)O[Si](C)(C)c2ccc(cc2)C2(N=C(c3ccccc3)C(c3ccccc3)=N2)n2c(nc(-c3ccccc3)c2-c2ccccc2)-c2ccc1cc2. The van der Waals surface area contributed by atoms with Crippen molar-refractivity contribution in [1.82, 2.24) is 9.55 Å². The summed E-state index contributed by atoms with van der Waals surface area (Å²) in [5, 5.41) is 2.49. The van der Waals surface area contributed by atoms with Gasteiger partial charge in [-0.2, -0.15) is 0 Å². The number of rotatable bonds is 4. The maximum atomic E-state index is 7.21. The topological polar surface area (TPSA) is 51.8 Å². The Kier molecular flexibility index (Phi) is 7.96. The summed E-state index contributed by atoms with van der Waals surface area (Å²) < 4.78 is 9.51. The van der Waals surface area contributed by atoms with Crippen molar-refractivity contribution >= 4 is 38.4 Å². The molecule has 0 fully saturated rings. The van der Waals surface area contributed by atoms with E-state index in [1.807, 2.05) is 12.1 Å². The van der Waals surface area contributed by atoms with E-state index in [2.05, 4.69) is 188 Å². The number of hydrogen-bond donors (Lipinski definition) is 0. The average molecular weight is 721 g/mol. The van der Waals surface area contributed by atoms with Gasteiger partial charge in [-0.05, 0) is 36.6 Å². The van der Waals surface area contributed by atoms with Gasteiger partial charge >= 0.3 is 0 Å². The van der Waals surface area contributed by atoms with E-state index in [1.54, 1.807) is 0 Å². The average Bonchev–Trinajstić information content (AvgIpc) is 3.80. The molecule has 7 aromatic rings. The highest BCUT2D eigenvalue weighted by atomic mass is 28.4. The molecular formula is C46H40N4OSi2. The maximum absolute atomic E-state index is 7.21. The van der Waals surface area contributed by atoms with Crippen LogP contribution in [0.15, 0.2) is 180 Å². The van der Waals surface area contributed by atoms with Crippen LogP contribution in [-0.4, -0.2) is 37.6 Å². The fourth-order valence-electron chi connectivity index (χ4n) is 7.84. The molecular weight excluding hydrogens is 681 g/mol. The summed E-state index contributed by atoms with van der Waals surface area (Å²) in [5.74, 6) is -0.460. The Labute approximate surface area is 313 Å². The molecule has 0 unspecified atom stereocenters. The van der Waals surface area contributed by atoms with Crippen LogP contribution >= 0.6 is 0 Å². The van der Waals surface area contributed by atoms with Crippen LogP contribution in [0, 0.1) is 0 Å². The Morgan fingerprint density at radius 2 is 0.868 bits per heavy atom. The molecule has 0 N–H and O–H groups in total. The van der Waals surface area contributed by atoms with Crippen molar-refractivity contribution in [1.29, 1.82) is 0 Å². The summed E-state index contributed by atoms with van der Waals surface area (Å²) in [6.07, 6.45) is 0. The number of aliphatic imine (C=N–C) groups is 2. The van der Waals surface area contributed by atoms with Crippen LogP contribution in [0.1, 0.15) is 16.7 Å². The van der Waals surface area contributed by atoms with Crippen molar-refractivity contribution in [3.63, 3.8) is 0 Å². The molecule has 6 heterocycles. The number of aromatic nitrogens is 2. The second-order valence-corrected chi connectivity index (χ2v) is 22.8. The predicted octanol–water partition coefficient (Wildman–Crippen LogP) is 9.39. The fourth-order valence-corrected chi connectivity index (χ4v) is 15.8. The largest absolute Gasteiger partial charge is 0.449 e. The van der Waals surface area contributed by atoms with Gasteiger partial charge < -0.3 is 4.12 Å². The van der Waals surface area contributed by atoms with E-state index in [1.165, 1.54) is 10.4 Å². The maximum Gasteiger partial charge on any atom is 0.261 e. The Balaban J connectivity index is 1.47. The summed E-state index contributed by atoms with van der Waals surface area (Å²) in [6, 6.07) is 59.8. The smallest absolute Gasteiger partial charge is 0.261 e. The van der Waals surface area contributed by atoms with Crippen LogP contribution in [0.25, 0.3) is 33.9 Å². The number of nitrogens with zero attached hydrogens (tertiary/aromatic N) is 4. The van der Waals surface area contributed by atoms with E-state index in [0.717, 1.165) is 62.0 Å². The highest BCUT2D eigenvalue weighted by Crippen LogP contribution is 2.46. The van der Waals surface area contributed by atoms with Crippen molar-refractivity contribution in [2.24, 2.45) is 9.98 Å². The van der Waals surface area contributed by atoms with Crippen molar-refractivity contribution in [2.45, 2.75) is 32.0 Å². The van der Waals surface area contributed by atoms with E-state index in [9.17, 15) is 0 Å². The van der Waals surface area contributed by atoms with Gasteiger partial charge in [0, 0.05) is 33.4 Å². The molecule has 258 valence electrons. The van der Waals surface area contributed by atoms with E-state index in [-0.39, 0.29) is 0 Å². The van der Waals surface area contributed by atoms with Crippen molar-refractivity contribution in [3.05, 3.63) is 187 Å². The molecule has 0 radical (unpaired) electrons. The second kappa shape index (κ2) is 12.7. The summed E-state index contributed by atoms with van der Waals surface area (Å²) in [4.78, 5) is 17.3. The molecule has 0 atom stereocenters. The van der Waals surface area contributed by atoms with Crippen molar-refractivity contribution in [3.8, 4) is 33.9 Å². The van der Waals surface area contributed by atoms with Gasteiger partial charge in [-0.25, -0.2) is 15.0 Å². The molecule has 5 aliphatic heterocycles. The first kappa shape index (κ1) is 33.1. The molecule has 5 nitrogen and oxygen atoms in total. The van der Waals surface area contributed by atoms with Gasteiger partial charge in [0.05, 0.1) is 22.8 Å². The second-order valence-electron chi connectivity index (χ2n) is 14.8. The fraction of sp³-hybridized carbons (Fsp3) is 0.109. The highest BCUT2D eigenvalue weighted by molar-refractivity contribution is 6.96. The first-order valence-electron chi connectivity index (χ1n) is 18.2. The summed E-state index contributed by atoms with van der Waals surface area (Å²) in [7, 11) is -4.58. The normalized spacial score (nSPS) is 16.5. The van der Waals surface area contributed by atoms with E-state index < -0.39 is 22.4 Å². The van der Waals surface area contributed by atoms with Crippen molar-refractivity contribution in [2.75, 3.05) is 0 Å². The third-order valence-corrected chi connectivity index (χ3v) is 18.0. The van der Waals surface area contributed by atoms with Crippen LogP contribution in [0.2, 0.25) is 26.2 Å². The molecule has 7 heteroatoms. The quantitative estimate of drug-likeness (QED) is 0.170. The molecule has 0 aliphatic carbocycles. The summed E-state index contributed by atoms with van der Waals surface area (Å²) in [5.41, 5.74) is 9.52. The number of hydrogen-bond acceptors (Lipinski definition) is 4. The van der Waals surface area contributed by atoms with Crippen molar-refractivity contribution < 1.29 is 4.12 Å². The lowest BCUT2D eigenvalue weighted by Gasteiger charge is -2.36. The lowest BCUT2D eigenvalue weighted by atomic mass is 10.0. The number of imidazole rings is 1. The van der Waals surface area contributed by atoms with Crippen LogP contribution in [0.3, 0.4) is 0 Å². The standard InChI is InChI=1S/C46H40N4OSi2/c1-52(2)39-29-25-37(26-30-39)45-47-43(35-21-13-7-14-22-35)44(36-23-15-8-16-24-36)50(45)46(38-27-31-40(32-28-38)53(3,4)51-52)48-41(33-17-9-5-10-18-33)42(49-46)34-19-11-6-12-20-34/h5-32H,1-4H3. The molecule has 0 amide bonds. The predicted molar refractivity (Wildman–Crippen MR) is 223 cm³/mol. The molecule has 1 spiro atoms. The van der Waals surface area contributed by atoms with Crippen LogP contribution in [0.4, 0.5) is 0 Å². The minimum Gasteiger partial charge on any atom is -0.449 e. The third-order valence-electron chi connectivity index (χ3n) is 10.5. The molecule has 0 saturated carbocycles. The minimum atomic E-state index is -2.32. The summed E-state index contributed by atoms with van der Waals surface area (Å²) in [6.45, 7) is 9.25.